The lowest BCUT2D eigenvalue weighted by atomic mass is 10.1. The minimum absolute atomic E-state index is 0.0232. The van der Waals surface area contributed by atoms with Crippen molar-refractivity contribution in [2.75, 3.05) is 6.61 Å². The maximum absolute atomic E-state index is 5.67. The van der Waals surface area contributed by atoms with E-state index >= 15 is 0 Å². The Morgan fingerprint density at radius 3 is 2.50 bits per heavy atom. The van der Waals surface area contributed by atoms with Crippen LogP contribution in [-0.2, 0) is 4.74 Å². The average molecular weight is 143 g/mol. The van der Waals surface area contributed by atoms with Crippen LogP contribution in [0, 0.1) is 0 Å². The topological polar surface area (TPSA) is 35.2 Å². The Morgan fingerprint density at radius 1 is 1.60 bits per heavy atom. The average Bonchev–Trinajstić information content (AvgIpc) is 1.99. The molecule has 0 heterocycles. The van der Waals surface area contributed by atoms with Crippen LogP contribution in [0.25, 0.3) is 0 Å². The Morgan fingerprint density at radius 2 is 2.20 bits per heavy atom. The molecule has 0 rings (SSSR count). The van der Waals surface area contributed by atoms with Gasteiger partial charge in [0.1, 0.15) is 0 Å². The van der Waals surface area contributed by atoms with Gasteiger partial charge < -0.3 is 10.5 Å². The van der Waals surface area contributed by atoms with Crippen LogP contribution in [0.1, 0.15) is 20.3 Å². The van der Waals surface area contributed by atoms with Gasteiger partial charge in [0.15, 0.2) is 0 Å². The van der Waals surface area contributed by atoms with E-state index in [1.807, 2.05) is 6.92 Å². The quantitative estimate of drug-likeness (QED) is 0.589. The number of nitrogens with two attached hydrogens (primary N) is 1. The van der Waals surface area contributed by atoms with Gasteiger partial charge in [0.25, 0.3) is 0 Å². The molecule has 0 aromatic heterocycles. The molecule has 2 nitrogen and oxygen atoms in total. The summed E-state index contributed by atoms with van der Waals surface area (Å²) in [7, 11) is 0. The van der Waals surface area contributed by atoms with E-state index in [0.29, 0.717) is 0 Å². The Bertz CT molecular complexity index is 93.3. The molecule has 0 aromatic rings. The molecule has 2 unspecified atom stereocenters. The van der Waals surface area contributed by atoms with E-state index in [9.17, 15) is 0 Å². The molecule has 0 saturated heterocycles. The summed E-state index contributed by atoms with van der Waals surface area (Å²) in [5.74, 6) is 0. The molecule has 0 spiro atoms. The van der Waals surface area contributed by atoms with Gasteiger partial charge in [0.05, 0.1) is 6.10 Å². The molecule has 10 heavy (non-hydrogen) atoms. The second-order valence-corrected chi connectivity index (χ2v) is 2.22. The molecule has 2 atom stereocenters. The minimum atomic E-state index is -0.0232. The third kappa shape index (κ3) is 2.99. The minimum Gasteiger partial charge on any atom is -0.377 e. The van der Waals surface area contributed by atoms with Crippen molar-refractivity contribution in [3.05, 3.63) is 12.7 Å². The summed E-state index contributed by atoms with van der Waals surface area (Å²) < 4.78 is 5.35. The maximum atomic E-state index is 5.67. The van der Waals surface area contributed by atoms with Crippen LogP contribution < -0.4 is 5.73 Å². The summed E-state index contributed by atoms with van der Waals surface area (Å²) in [5, 5.41) is 0. The highest BCUT2D eigenvalue weighted by atomic mass is 16.5. The Balaban J connectivity index is 3.67. The third-order valence-corrected chi connectivity index (χ3v) is 1.48. The molecular formula is C8H17NO. The van der Waals surface area contributed by atoms with Crippen molar-refractivity contribution in [2.24, 2.45) is 5.73 Å². The van der Waals surface area contributed by atoms with Crippen molar-refractivity contribution in [3.8, 4) is 0 Å². The standard InChI is InChI=1S/C8H17NO/c1-4-7(9)8(5-2)10-6-3/h4,7-8H,1,5-6,9H2,2-3H3. The summed E-state index contributed by atoms with van der Waals surface area (Å²) in [5.41, 5.74) is 5.67. The SMILES string of the molecule is C=CC(N)C(CC)OCC. The van der Waals surface area contributed by atoms with Gasteiger partial charge in [-0.1, -0.05) is 13.0 Å². The molecule has 0 aliphatic rings. The zero-order valence-electron chi connectivity index (χ0n) is 6.84. The van der Waals surface area contributed by atoms with Crippen LogP contribution in [-0.4, -0.2) is 18.8 Å². The summed E-state index contributed by atoms with van der Waals surface area (Å²) in [6.07, 6.45) is 2.81. The zero-order chi connectivity index (χ0) is 7.98. The molecule has 0 aliphatic heterocycles. The van der Waals surface area contributed by atoms with Crippen molar-refractivity contribution in [1.82, 2.24) is 0 Å². The lowest BCUT2D eigenvalue weighted by Crippen LogP contribution is -2.34. The highest BCUT2D eigenvalue weighted by Gasteiger charge is 2.11. The second kappa shape index (κ2) is 5.45. The van der Waals surface area contributed by atoms with Gasteiger partial charge in [-0.05, 0) is 13.3 Å². The molecule has 0 radical (unpaired) electrons. The maximum Gasteiger partial charge on any atom is 0.0758 e. The lowest BCUT2D eigenvalue weighted by molar-refractivity contribution is 0.0518. The predicted octanol–water partition coefficient (Wildman–Crippen LogP) is 1.31. The fourth-order valence-electron chi connectivity index (χ4n) is 0.867. The van der Waals surface area contributed by atoms with Gasteiger partial charge in [0, 0.05) is 12.6 Å². The van der Waals surface area contributed by atoms with Gasteiger partial charge >= 0.3 is 0 Å². The van der Waals surface area contributed by atoms with Crippen LogP contribution in [0.15, 0.2) is 12.7 Å². The number of hydrogen-bond donors (Lipinski definition) is 1. The normalized spacial score (nSPS) is 16.3. The van der Waals surface area contributed by atoms with Crippen molar-refractivity contribution < 1.29 is 4.74 Å². The van der Waals surface area contributed by atoms with Gasteiger partial charge in [-0.2, -0.15) is 0 Å². The Kier molecular flexibility index (Phi) is 5.26. The van der Waals surface area contributed by atoms with Gasteiger partial charge in [0.2, 0.25) is 0 Å². The summed E-state index contributed by atoms with van der Waals surface area (Å²) in [4.78, 5) is 0. The monoisotopic (exact) mass is 143 g/mol. The molecule has 0 saturated carbocycles. The van der Waals surface area contributed by atoms with Crippen molar-refractivity contribution in [1.29, 1.82) is 0 Å². The van der Waals surface area contributed by atoms with E-state index in [0.717, 1.165) is 13.0 Å². The van der Waals surface area contributed by atoms with Crippen molar-refractivity contribution in [2.45, 2.75) is 32.4 Å². The molecule has 0 bridgehead atoms. The fourth-order valence-corrected chi connectivity index (χ4v) is 0.867. The summed E-state index contributed by atoms with van der Waals surface area (Å²) in [6, 6.07) is -0.0232. The van der Waals surface area contributed by atoms with E-state index < -0.39 is 0 Å². The molecule has 2 N–H and O–H groups in total. The molecule has 0 aliphatic carbocycles. The molecule has 2 heteroatoms. The van der Waals surface area contributed by atoms with E-state index in [1.165, 1.54) is 0 Å². The van der Waals surface area contributed by atoms with Crippen LogP contribution in [0.2, 0.25) is 0 Å². The molecule has 60 valence electrons. The highest BCUT2D eigenvalue weighted by molar-refractivity contribution is 4.88. The van der Waals surface area contributed by atoms with Gasteiger partial charge in [-0.25, -0.2) is 0 Å². The van der Waals surface area contributed by atoms with E-state index in [-0.39, 0.29) is 12.1 Å². The fraction of sp³-hybridized carbons (Fsp3) is 0.750. The van der Waals surface area contributed by atoms with Crippen LogP contribution in [0.5, 0.6) is 0 Å². The van der Waals surface area contributed by atoms with Gasteiger partial charge in [-0.3, -0.25) is 0 Å². The smallest absolute Gasteiger partial charge is 0.0758 e. The van der Waals surface area contributed by atoms with Crippen LogP contribution in [0.3, 0.4) is 0 Å². The van der Waals surface area contributed by atoms with E-state index in [4.69, 9.17) is 10.5 Å². The first-order chi connectivity index (χ1) is 4.76. The van der Waals surface area contributed by atoms with Crippen molar-refractivity contribution in [3.63, 3.8) is 0 Å². The summed E-state index contributed by atoms with van der Waals surface area (Å²) >= 11 is 0. The Hall–Kier alpha value is -0.340. The van der Waals surface area contributed by atoms with Crippen molar-refractivity contribution >= 4 is 0 Å². The molecular weight excluding hydrogens is 126 g/mol. The molecule has 0 amide bonds. The van der Waals surface area contributed by atoms with Crippen LogP contribution >= 0.6 is 0 Å². The lowest BCUT2D eigenvalue weighted by Gasteiger charge is -2.18. The Labute approximate surface area is 63.1 Å². The first-order valence-electron chi connectivity index (χ1n) is 3.76. The van der Waals surface area contributed by atoms with Gasteiger partial charge in [-0.15, -0.1) is 6.58 Å². The number of hydrogen-bond acceptors (Lipinski definition) is 2. The molecule has 0 aromatic carbocycles. The summed E-state index contributed by atoms with van der Waals surface area (Å²) in [6.45, 7) is 8.36. The third-order valence-electron chi connectivity index (χ3n) is 1.48. The van der Waals surface area contributed by atoms with E-state index in [2.05, 4.69) is 13.5 Å². The largest absolute Gasteiger partial charge is 0.377 e. The van der Waals surface area contributed by atoms with E-state index in [1.54, 1.807) is 6.08 Å². The molecule has 0 fully saturated rings. The first-order valence-corrected chi connectivity index (χ1v) is 3.76. The highest BCUT2D eigenvalue weighted by Crippen LogP contribution is 2.02. The second-order valence-electron chi connectivity index (χ2n) is 2.22. The first kappa shape index (κ1) is 9.66. The zero-order valence-corrected chi connectivity index (χ0v) is 6.84. The predicted molar refractivity (Wildman–Crippen MR) is 43.9 cm³/mol. The van der Waals surface area contributed by atoms with Crippen LogP contribution in [0.4, 0.5) is 0 Å². The number of rotatable bonds is 5. The number of ether oxygens (including phenoxy) is 1.